The molecule has 30 heavy (non-hydrogen) atoms. The second-order valence-electron chi connectivity index (χ2n) is 6.18. The van der Waals surface area contributed by atoms with Crippen LogP contribution in [0, 0.1) is 0 Å². The monoisotopic (exact) mass is 463 g/mol. The Morgan fingerprint density at radius 1 is 1.40 bits per heavy atom. The molecule has 14 heteroatoms. The van der Waals surface area contributed by atoms with E-state index in [9.17, 15) is 34.2 Å². The third-order valence-electron chi connectivity index (χ3n) is 4.30. The number of aliphatic carboxylic acids is 2. The number of carbonyl (C=O) groups excluding carboxylic acids is 3. The summed E-state index contributed by atoms with van der Waals surface area (Å²) in [6.45, 7) is 2.62. The quantitative estimate of drug-likeness (QED) is 0.138. The van der Waals surface area contributed by atoms with Crippen LogP contribution in [0.15, 0.2) is 11.3 Å². The van der Waals surface area contributed by atoms with Gasteiger partial charge < -0.3 is 25.0 Å². The van der Waals surface area contributed by atoms with Crippen molar-refractivity contribution in [2.24, 2.45) is 5.73 Å². The Balaban J connectivity index is 2.44. The van der Waals surface area contributed by atoms with Crippen molar-refractivity contribution in [3.05, 3.63) is 11.3 Å². The molecule has 166 valence electrons. The van der Waals surface area contributed by atoms with Crippen molar-refractivity contribution in [3.63, 3.8) is 0 Å². The fraction of sp³-hybridized carbons (Fsp3) is 0.562. The van der Waals surface area contributed by atoms with Crippen LogP contribution in [-0.2, 0) is 33.4 Å². The number of nitrogens with two attached hydrogens (primary N) is 1. The summed E-state index contributed by atoms with van der Waals surface area (Å²) >= 11 is 1.78. The summed E-state index contributed by atoms with van der Waals surface area (Å²) in [5.41, 5.74) is 5.15. The van der Waals surface area contributed by atoms with Gasteiger partial charge in [-0.25, -0.2) is 9.59 Å². The van der Waals surface area contributed by atoms with Crippen LogP contribution in [0.3, 0.4) is 0 Å². The average Bonchev–Trinajstić information content (AvgIpc) is 2.65. The van der Waals surface area contributed by atoms with Gasteiger partial charge in [0.05, 0.1) is 0 Å². The predicted molar refractivity (Wildman–Crippen MR) is 105 cm³/mol. The van der Waals surface area contributed by atoms with Gasteiger partial charge in [0, 0.05) is 25.4 Å². The topological polar surface area (TPSA) is 186 Å². The minimum Gasteiger partial charge on any atom is -0.479 e. The van der Waals surface area contributed by atoms with Crippen molar-refractivity contribution in [1.82, 2.24) is 10.2 Å². The van der Waals surface area contributed by atoms with Gasteiger partial charge in [0.25, 0.3) is 11.8 Å². The molecule has 2 aliphatic rings. The number of thioether (sulfide) groups is 2. The molecule has 2 unspecified atom stereocenters. The van der Waals surface area contributed by atoms with E-state index in [1.807, 2.05) is 0 Å². The normalized spacial score (nSPS) is 23.6. The maximum atomic E-state index is 12.6. The number of nitrogens with one attached hydrogen (secondary N) is 1. The molecular weight excluding hydrogens is 442 g/mol. The first kappa shape index (κ1) is 24.0. The van der Waals surface area contributed by atoms with Crippen LogP contribution in [0.2, 0.25) is 0 Å². The van der Waals surface area contributed by atoms with Crippen LogP contribution < -0.4 is 11.1 Å². The lowest BCUT2D eigenvalue weighted by atomic mass is 10.0. The van der Waals surface area contributed by atoms with Gasteiger partial charge in [-0.05, 0) is 5.75 Å². The van der Waals surface area contributed by atoms with Gasteiger partial charge in [-0.3, -0.25) is 25.0 Å². The van der Waals surface area contributed by atoms with E-state index >= 15 is 0 Å². The molecule has 0 aromatic heterocycles. The molecule has 0 aromatic rings. The lowest BCUT2D eigenvalue weighted by Crippen LogP contribution is -2.66. The number of β-lactam (4-membered cyclic amide) rings is 1. The number of carboxylic acid groups (broad SMARTS) is 2. The molecule has 2 rings (SSSR count). The van der Waals surface area contributed by atoms with Gasteiger partial charge >= 0.3 is 17.9 Å². The number of carboxylic acids is 2. The number of esters is 1. The van der Waals surface area contributed by atoms with Gasteiger partial charge in [-0.15, -0.1) is 23.5 Å². The van der Waals surface area contributed by atoms with Crippen molar-refractivity contribution in [1.29, 1.82) is 0 Å². The third kappa shape index (κ3) is 4.26. The molecule has 0 bridgehead atoms. The van der Waals surface area contributed by atoms with Crippen LogP contribution in [0.5, 0.6) is 0 Å². The summed E-state index contributed by atoms with van der Waals surface area (Å²) in [6.07, 6.45) is -2.46. The number of carbonyl (C=O) groups is 5. The molecule has 0 radical (unpaired) electrons. The molecule has 2 heterocycles. The fourth-order valence-electron chi connectivity index (χ4n) is 2.92. The first-order valence-electron chi connectivity index (χ1n) is 8.57. The van der Waals surface area contributed by atoms with E-state index in [1.165, 1.54) is 7.11 Å². The first-order valence-corrected chi connectivity index (χ1v) is 10.6. The fourth-order valence-corrected chi connectivity index (χ4v) is 5.09. The maximum Gasteiger partial charge on any atom is 0.352 e. The summed E-state index contributed by atoms with van der Waals surface area (Å²) in [5, 5.41) is 20.7. The third-order valence-corrected chi connectivity index (χ3v) is 6.68. The SMILES string of the molecule is CCSC(N)(C(=O)O)C(=O)NC(OC(C)=O)C1=C(C(=O)O)N2C(=O)[C@H](OC)[C@H]2SC1. The smallest absolute Gasteiger partial charge is 0.352 e. The zero-order valence-corrected chi connectivity index (χ0v) is 17.9. The van der Waals surface area contributed by atoms with E-state index in [0.717, 1.165) is 23.6 Å². The minimum atomic E-state index is -2.39. The second-order valence-corrected chi connectivity index (χ2v) is 8.80. The highest BCUT2D eigenvalue weighted by molar-refractivity contribution is 8.02. The molecule has 2 amide bonds. The number of hydrogen-bond acceptors (Lipinski definition) is 10. The molecule has 4 atom stereocenters. The second kappa shape index (κ2) is 9.24. The molecular formula is C16H21N3O9S2. The minimum absolute atomic E-state index is 0.0280. The zero-order valence-electron chi connectivity index (χ0n) is 16.2. The highest BCUT2D eigenvalue weighted by atomic mass is 32.2. The zero-order chi connectivity index (χ0) is 22.8. The van der Waals surface area contributed by atoms with Crippen molar-refractivity contribution >= 4 is 53.2 Å². The average molecular weight is 463 g/mol. The van der Waals surface area contributed by atoms with Gasteiger partial charge in [-0.2, -0.15) is 0 Å². The lowest BCUT2D eigenvalue weighted by Gasteiger charge is -2.49. The Labute approximate surface area is 179 Å². The maximum absolute atomic E-state index is 12.6. The van der Waals surface area contributed by atoms with Gasteiger partial charge in [-0.1, -0.05) is 6.92 Å². The van der Waals surface area contributed by atoms with E-state index in [1.54, 1.807) is 6.92 Å². The summed E-state index contributed by atoms with van der Waals surface area (Å²) in [4.78, 5) is 58.5. The van der Waals surface area contributed by atoms with Gasteiger partial charge in [0.15, 0.2) is 6.10 Å². The van der Waals surface area contributed by atoms with Crippen molar-refractivity contribution in [2.75, 3.05) is 18.6 Å². The Kier molecular flexibility index (Phi) is 7.39. The largest absolute Gasteiger partial charge is 0.479 e. The number of nitrogens with zero attached hydrogens (tertiary/aromatic N) is 1. The summed E-state index contributed by atoms with van der Waals surface area (Å²) < 4.78 is 10.1. The van der Waals surface area contributed by atoms with Crippen LogP contribution in [0.25, 0.3) is 0 Å². The Hall–Kier alpha value is -2.29. The molecule has 1 fully saturated rings. The van der Waals surface area contributed by atoms with E-state index in [4.69, 9.17) is 15.2 Å². The molecule has 2 aliphatic heterocycles. The Bertz CT molecular complexity index is 818. The number of amides is 2. The number of ether oxygens (including phenoxy) is 2. The number of rotatable bonds is 9. The number of methoxy groups -OCH3 is 1. The highest BCUT2D eigenvalue weighted by Crippen LogP contribution is 2.42. The van der Waals surface area contributed by atoms with E-state index in [0.29, 0.717) is 11.8 Å². The van der Waals surface area contributed by atoms with Crippen molar-refractivity contribution < 1.29 is 43.7 Å². The van der Waals surface area contributed by atoms with Crippen LogP contribution in [-0.4, -0.2) is 86.0 Å². The van der Waals surface area contributed by atoms with Crippen LogP contribution in [0.4, 0.5) is 0 Å². The van der Waals surface area contributed by atoms with Crippen LogP contribution >= 0.6 is 23.5 Å². The molecule has 0 saturated carbocycles. The van der Waals surface area contributed by atoms with E-state index in [2.05, 4.69) is 5.32 Å². The number of hydrogen-bond donors (Lipinski definition) is 4. The van der Waals surface area contributed by atoms with Crippen molar-refractivity contribution in [2.45, 2.75) is 36.4 Å². The van der Waals surface area contributed by atoms with E-state index in [-0.39, 0.29) is 17.1 Å². The molecule has 0 aromatic carbocycles. The lowest BCUT2D eigenvalue weighted by molar-refractivity contribution is -0.162. The first-order chi connectivity index (χ1) is 14.0. The molecule has 5 N–H and O–H groups in total. The summed E-state index contributed by atoms with van der Waals surface area (Å²) in [6, 6.07) is 0. The molecule has 1 saturated heterocycles. The Morgan fingerprint density at radius 3 is 2.50 bits per heavy atom. The molecule has 12 nitrogen and oxygen atoms in total. The number of fused-ring (bicyclic) bond motifs is 1. The standard InChI is InChI=1S/C16H21N3O9S2/c1-4-30-16(17,15(25)26)14(24)18-10(28-6(2)20)7-5-29-12-9(27-3)11(21)19(12)8(7)13(22)23/h9-10,12H,4-5,17H2,1-3H3,(H,18,24)(H,22,23)(H,25,26)/t9-,10?,12+,16?/m0/s1. The highest BCUT2D eigenvalue weighted by Gasteiger charge is 2.55. The van der Waals surface area contributed by atoms with Crippen LogP contribution in [0.1, 0.15) is 13.8 Å². The molecule has 0 spiro atoms. The van der Waals surface area contributed by atoms with Gasteiger partial charge in [0.2, 0.25) is 11.1 Å². The Morgan fingerprint density at radius 2 is 2.03 bits per heavy atom. The summed E-state index contributed by atoms with van der Waals surface area (Å²) in [5.74, 6) is -5.60. The molecule has 0 aliphatic carbocycles. The van der Waals surface area contributed by atoms with E-state index < -0.39 is 58.0 Å². The summed E-state index contributed by atoms with van der Waals surface area (Å²) in [7, 11) is 1.32. The van der Waals surface area contributed by atoms with Crippen molar-refractivity contribution in [3.8, 4) is 0 Å². The van der Waals surface area contributed by atoms with Gasteiger partial charge in [0.1, 0.15) is 11.1 Å². The predicted octanol–water partition coefficient (Wildman–Crippen LogP) is -1.25.